The van der Waals surface area contributed by atoms with Crippen molar-refractivity contribution >= 4 is 40.1 Å². The number of fused-ring (bicyclic) bond motifs is 1. The molecule has 0 radical (unpaired) electrons. The van der Waals surface area contributed by atoms with Crippen LogP contribution in [0.5, 0.6) is 0 Å². The normalized spacial score (nSPS) is 15.6. The molecular formula is C22H20N2O3S. The molecule has 0 saturated heterocycles. The first-order valence-corrected chi connectivity index (χ1v) is 10.2. The summed E-state index contributed by atoms with van der Waals surface area (Å²) in [6.07, 6.45) is 4.83. The number of nitrogens with zero attached hydrogens (tertiary/aromatic N) is 2. The Morgan fingerprint density at radius 1 is 0.964 bits per heavy atom. The summed E-state index contributed by atoms with van der Waals surface area (Å²) in [7, 11) is 0. The Balaban J connectivity index is 1.86. The molecule has 1 aliphatic rings. The first kappa shape index (κ1) is 18.5. The molecule has 28 heavy (non-hydrogen) atoms. The Bertz CT molecular complexity index is 1050. The second kappa shape index (κ2) is 8.02. The van der Waals surface area contributed by atoms with E-state index in [-0.39, 0.29) is 11.4 Å². The van der Waals surface area contributed by atoms with Crippen LogP contribution in [-0.2, 0) is 4.79 Å². The first-order chi connectivity index (χ1) is 13.6. The van der Waals surface area contributed by atoms with E-state index >= 15 is 0 Å². The molecule has 0 spiro atoms. The summed E-state index contributed by atoms with van der Waals surface area (Å²) in [6, 6.07) is 14.1. The van der Waals surface area contributed by atoms with Gasteiger partial charge in [0.2, 0.25) is 0 Å². The molecule has 1 fully saturated rings. The summed E-state index contributed by atoms with van der Waals surface area (Å²) >= 11 is 1.09. The lowest BCUT2D eigenvalue weighted by molar-refractivity contribution is -0.130. The molecule has 1 saturated carbocycles. The summed E-state index contributed by atoms with van der Waals surface area (Å²) in [5, 5.41) is 10.0. The average Bonchev–Trinajstić information content (AvgIpc) is 3.38. The zero-order chi connectivity index (χ0) is 19.5. The van der Waals surface area contributed by atoms with E-state index in [0.29, 0.717) is 34.6 Å². The minimum absolute atomic E-state index is 0.0793. The third-order valence-corrected chi connectivity index (χ3v) is 5.89. The van der Waals surface area contributed by atoms with Gasteiger partial charge < -0.3 is 5.11 Å². The van der Waals surface area contributed by atoms with Crippen molar-refractivity contribution in [1.82, 2.24) is 8.75 Å². The lowest BCUT2D eigenvalue weighted by atomic mass is 9.86. The fourth-order valence-electron chi connectivity index (χ4n) is 3.94. The van der Waals surface area contributed by atoms with Crippen molar-refractivity contribution in [1.29, 1.82) is 0 Å². The molecule has 142 valence electrons. The number of allylic oxidation sites excluding steroid dienone is 1. The lowest BCUT2D eigenvalue weighted by Gasteiger charge is -2.16. The van der Waals surface area contributed by atoms with Gasteiger partial charge in [0.05, 0.1) is 17.3 Å². The number of carbonyl (C=O) groups excluding carboxylic acids is 1. The van der Waals surface area contributed by atoms with E-state index in [0.717, 1.165) is 42.9 Å². The van der Waals surface area contributed by atoms with Gasteiger partial charge in [-0.15, -0.1) is 0 Å². The summed E-state index contributed by atoms with van der Waals surface area (Å²) in [5.41, 5.74) is 2.86. The standard InChI is InChI=1S/C22H20N2O3S/c25-21(15-8-2-1-3-9-15)17(12-14-6-4-5-7-14)20(22(26)27)16-10-11-18-19(13-16)24-28-23-18/h1-3,8-11,13-14H,4-7,12H2,(H,26,27)/b20-17+. The second-order valence-electron chi connectivity index (χ2n) is 7.18. The molecule has 2 aromatic carbocycles. The van der Waals surface area contributed by atoms with Crippen LogP contribution in [0, 0.1) is 5.92 Å². The second-order valence-corrected chi connectivity index (χ2v) is 7.70. The molecule has 1 heterocycles. The maximum absolute atomic E-state index is 13.3. The molecule has 6 heteroatoms. The quantitative estimate of drug-likeness (QED) is 0.472. The molecule has 0 bridgehead atoms. The number of benzene rings is 2. The Morgan fingerprint density at radius 3 is 2.39 bits per heavy atom. The summed E-state index contributed by atoms with van der Waals surface area (Å²) in [5.74, 6) is -0.942. The van der Waals surface area contributed by atoms with Gasteiger partial charge in [0.1, 0.15) is 11.0 Å². The highest BCUT2D eigenvalue weighted by Crippen LogP contribution is 2.35. The van der Waals surface area contributed by atoms with Crippen molar-refractivity contribution in [3.05, 3.63) is 65.2 Å². The van der Waals surface area contributed by atoms with Gasteiger partial charge in [0.25, 0.3) is 0 Å². The Labute approximate surface area is 167 Å². The van der Waals surface area contributed by atoms with Gasteiger partial charge >= 0.3 is 5.97 Å². The molecular weight excluding hydrogens is 372 g/mol. The van der Waals surface area contributed by atoms with Gasteiger partial charge in [0.15, 0.2) is 5.78 Å². The molecule has 1 aliphatic carbocycles. The van der Waals surface area contributed by atoms with E-state index in [2.05, 4.69) is 8.75 Å². The fourth-order valence-corrected chi connectivity index (χ4v) is 4.46. The van der Waals surface area contributed by atoms with Crippen molar-refractivity contribution in [2.45, 2.75) is 32.1 Å². The number of hydrogen-bond acceptors (Lipinski definition) is 5. The Morgan fingerprint density at radius 2 is 1.68 bits per heavy atom. The number of rotatable bonds is 6. The van der Waals surface area contributed by atoms with E-state index in [1.54, 1.807) is 42.5 Å². The highest BCUT2D eigenvalue weighted by Gasteiger charge is 2.27. The molecule has 0 unspecified atom stereocenters. The van der Waals surface area contributed by atoms with Crippen molar-refractivity contribution in [2.75, 3.05) is 0 Å². The predicted molar refractivity (Wildman–Crippen MR) is 109 cm³/mol. The van der Waals surface area contributed by atoms with Gasteiger partial charge in [-0.1, -0.05) is 62.1 Å². The van der Waals surface area contributed by atoms with E-state index in [4.69, 9.17) is 0 Å². The van der Waals surface area contributed by atoms with Crippen LogP contribution < -0.4 is 0 Å². The van der Waals surface area contributed by atoms with Crippen LogP contribution in [0.3, 0.4) is 0 Å². The van der Waals surface area contributed by atoms with Crippen molar-refractivity contribution in [3.8, 4) is 0 Å². The SMILES string of the molecule is O=C(O)/C(=C(\CC1CCCC1)C(=O)c1ccccc1)c1ccc2nsnc2c1. The van der Waals surface area contributed by atoms with Gasteiger partial charge in [-0.05, 0) is 30.0 Å². The monoisotopic (exact) mass is 392 g/mol. The summed E-state index contributed by atoms with van der Waals surface area (Å²) in [4.78, 5) is 25.6. The number of carbonyl (C=O) groups is 2. The van der Waals surface area contributed by atoms with E-state index in [1.165, 1.54) is 0 Å². The number of Topliss-reactive ketones (excluding diaryl/α,β-unsaturated/α-hetero) is 1. The number of aromatic nitrogens is 2. The zero-order valence-electron chi connectivity index (χ0n) is 15.3. The van der Waals surface area contributed by atoms with Crippen LogP contribution in [-0.4, -0.2) is 25.6 Å². The van der Waals surface area contributed by atoms with Crippen LogP contribution in [0.2, 0.25) is 0 Å². The van der Waals surface area contributed by atoms with Crippen molar-refractivity contribution in [3.63, 3.8) is 0 Å². The van der Waals surface area contributed by atoms with E-state index in [9.17, 15) is 14.7 Å². The minimum atomic E-state index is -1.08. The smallest absolute Gasteiger partial charge is 0.336 e. The van der Waals surface area contributed by atoms with Crippen LogP contribution in [0.4, 0.5) is 0 Å². The molecule has 1 N–H and O–H groups in total. The third-order valence-electron chi connectivity index (χ3n) is 5.34. The maximum Gasteiger partial charge on any atom is 0.336 e. The van der Waals surface area contributed by atoms with Crippen LogP contribution in [0.1, 0.15) is 48.0 Å². The predicted octanol–water partition coefficient (Wildman–Crippen LogP) is 4.99. The topological polar surface area (TPSA) is 80.1 Å². The van der Waals surface area contributed by atoms with Crippen molar-refractivity contribution in [2.24, 2.45) is 5.92 Å². The van der Waals surface area contributed by atoms with Crippen molar-refractivity contribution < 1.29 is 14.7 Å². The average molecular weight is 392 g/mol. The van der Waals surface area contributed by atoms with E-state index < -0.39 is 5.97 Å². The fraction of sp³-hybridized carbons (Fsp3) is 0.273. The molecule has 0 atom stereocenters. The molecule has 0 amide bonds. The summed E-state index contributed by atoms with van der Waals surface area (Å²) < 4.78 is 8.39. The molecule has 0 aliphatic heterocycles. The Hall–Kier alpha value is -2.86. The molecule has 4 rings (SSSR count). The van der Waals surface area contributed by atoms with Gasteiger partial charge in [-0.3, -0.25) is 4.79 Å². The maximum atomic E-state index is 13.3. The lowest BCUT2D eigenvalue weighted by Crippen LogP contribution is -2.14. The largest absolute Gasteiger partial charge is 0.478 e. The number of carboxylic acid groups (broad SMARTS) is 1. The highest BCUT2D eigenvalue weighted by atomic mass is 32.1. The first-order valence-electron chi connectivity index (χ1n) is 9.42. The van der Waals surface area contributed by atoms with Crippen LogP contribution >= 0.6 is 11.7 Å². The van der Waals surface area contributed by atoms with Crippen LogP contribution in [0.25, 0.3) is 16.6 Å². The molecule has 5 nitrogen and oxygen atoms in total. The van der Waals surface area contributed by atoms with Gasteiger partial charge in [-0.25, -0.2) is 4.79 Å². The highest BCUT2D eigenvalue weighted by molar-refractivity contribution is 7.00. The number of ketones is 1. The van der Waals surface area contributed by atoms with Crippen LogP contribution in [0.15, 0.2) is 54.1 Å². The zero-order valence-corrected chi connectivity index (χ0v) is 16.1. The van der Waals surface area contributed by atoms with Gasteiger partial charge in [-0.2, -0.15) is 8.75 Å². The number of hydrogen-bond donors (Lipinski definition) is 1. The molecule has 3 aromatic rings. The third kappa shape index (κ3) is 3.73. The van der Waals surface area contributed by atoms with E-state index in [1.807, 2.05) is 6.07 Å². The minimum Gasteiger partial charge on any atom is -0.478 e. The number of aliphatic carboxylic acids is 1. The number of carboxylic acids is 1. The summed E-state index contributed by atoms with van der Waals surface area (Å²) in [6.45, 7) is 0. The molecule has 1 aromatic heterocycles. The van der Waals surface area contributed by atoms with Gasteiger partial charge in [0, 0.05) is 11.1 Å². The Kier molecular flexibility index (Phi) is 5.30.